The maximum Gasteiger partial charge on any atom is 0.202 e. The number of rotatable bonds is 4. The molecule has 0 aromatic carbocycles. The minimum atomic E-state index is -1.20. The molecule has 0 aliphatic heterocycles. The van der Waals surface area contributed by atoms with Crippen molar-refractivity contribution >= 4 is 10.8 Å². The highest BCUT2D eigenvalue weighted by molar-refractivity contribution is 7.84. The van der Waals surface area contributed by atoms with E-state index in [-0.39, 0.29) is 5.75 Å². The molecule has 1 unspecified atom stereocenters. The van der Waals surface area contributed by atoms with E-state index in [4.69, 9.17) is 13.4 Å². The second kappa shape index (κ2) is 4.89. The van der Waals surface area contributed by atoms with Gasteiger partial charge in [0.25, 0.3) is 0 Å². The third kappa shape index (κ3) is 2.39. The SMILES string of the molecule is Cc1occc1S(=O)Cc1cc(-c2ccco2)on1. The summed E-state index contributed by atoms with van der Waals surface area (Å²) in [6, 6.07) is 6.98. The fraction of sp³-hybridized carbons (Fsp3) is 0.154. The Morgan fingerprint density at radius 1 is 1.21 bits per heavy atom. The Morgan fingerprint density at radius 2 is 2.11 bits per heavy atom. The molecule has 0 aliphatic rings. The van der Waals surface area contributed by atoms with Crippen molar-refractivity contribution in [3.05, 3.63) is 48.2 Å². The average molecular weight is 277 g/mol. The second-order valence-electron chi connectivity index (χ2n) is 3.99. The molecule has 1 atom stereocenters. The smallest absolute Gasteiger partial charge is 0.202 e. The first kappa shape index (κ1) is 12.0. The normalized spacial score (nSPS) is 12.7. The predicted molar refractivity (Wildman–Crippen MR) is 67.8 cm³/mol. The van der Waals surface area contributed by atoms with Crippen molar-refractivity contribution < 1.29 is 17.6 Å². The van der Waals surface area contributed by atoms with Crippen molar-refractivity contribution in [1.82, 2.24) is 5.16 Å². The summed E-state index contributed by atoms with van der Waals surface area (Å²) in [6.45, 7) is 1.78. The maximum absolute atomic E-state index is 12.1. The van der Waals surface area contributed by atoms with Crippen molar-refractivity contribution in [2.75, 3.05) is 0 Å². The molecule has 0 bridgehead atoms. The Bertz CT molecular complexity index is 696. The van der Waals surface area contributed by atoms with Gasteiger partial charge in [-0.2, -0.15) is 0 Å². The van der Waals surface area contributed by atoms with Gasteiger partial charge in [0, 0.05) is 6.07 Å². The number of furan rings is 2. The Hall–Kier alpha value is -2.08. The first-order valence-corrected chi connectivity index (χ1v) is 6.98. The molecule has 0 radical (unpaired) electrons. The van der Waals surface area contributed by atoms with Gasteiger partial charge in [0.2, 0.25) is 5.76 Å². The first-order chi connectivity index (χ1) is 9.24. The van der Waals surface area contributed by atoms with E-state index in [1.807, 2.05) is 0 Å². The largest absolute Gasteiger partial charge is 0.468 e. The topological polar surface area (TPSA) is 69.4 Å². The highest BCUT2D eigenvalue weighted by Gasteiger charge is 2.15. The monoisotopic (exact) mass is 277 g/mol. The maximum atomic E-state index is 12.1. The molecule has 3 aromatic heterocycles. The van der Waals surface area contributed by atoms with E-state index in [2.05, 4.69) is 5.16 Å². The quantitative estimate of drug-likeness (QED) is 0.732. The number of hydrogen-bond acceptors (Lipinski definition) is 5. The van der Waals surface area contributed by atoms with Crippen LogP contribution in [0, 0.1) is 6.92 Å². The summed E-state index contributed by atoms with van der Waals surface area (Å²) in [6.07, 6.45) is 3.09. The van der Waals surface area contributed by atoms with Crippen LogP contribution in [-0.4, -0.2) is 9.37 Å². The Morgan fingerprint density at radius 3 is 2.79 bits per heavy atom. The lowest BCUT2D eigenvalue weighted by atomic mass is 10.3. The van der Waals surface area contributed by atoms with Crippen LogP contribution in [0.15, 0.2) is 55.0 Å². The highest BCUT2D eigenvalue weighted by Crippen LogP contribution is 2.22. The van der Waals surface area contributed by atoms with Gasteiger partial charge >= 0.3 is 0 Å². The summed E-state index contributed by atoms with van der Waals surface area (Å²) in [7, 11) is -1.20. The molecule has 0 aliphatic carbocycles. The van der Waals surface area contributed by atoms with Crippen LogP contribution in [-0.2, 0) is 16.6 Å². The first-order valence-electron chi connectivity index (χ1n) is 5.66. The minimum absolute atomic E-state index is 0.282. The standard InChI is InChI=1S/C13H11NO4S/c1-9-13(4-6-16-9)19(15)8-10-7-12(18-14-10)11-3-2-5-17-11/h2-7H,8H2,1H3. The van der Waals surface area contributed by atoms with Gasteiger partial charge in [-0.3, -0.25) is 4.21 Å². The van der Waals surface area contributed by atoms with E-state index in [0.717, 1.165) is 0 Å². The Kier molecular flexibility index (Phi) is 3.08. The van der Waals surface area contributed by atoms with Crippen LogP contribution in [0.25, 0.3) is 11.5 Å². The molecule has 98 valence electrons. The minimum Gasteiger partial charge on any atom is -0.468 e. The lowest BCUT2D eigenvalue weighted by Crippen LogP contribution is -1.96. The average Bonchev–Trinajstić information content (AvgIpc) is 3.07. The lowest BCUT2D eigenvalue weighted by Gasteiger charge is -1.96. The Balaban J connectivity index is 1.78. The molecular weight excluding hydrogens is 266 g/mol. The molecule has 3 heterocycles. The zero-order chi connectivity index (χ0) is 13.2. The van der Waals surface area contributed by atoms with Gasteiger partial charge < -0.3 is 13.4 Å². The van der Waals surface area contributed by atoms with E-state index >= 15 is 0 Å². The molecule has 0 spiro atoms. The van der Waals surface area contributed by atoms with Crippen LogP contribution in [0.2, 0.25) is 0 Å². The molecule has 19 heavy (non-hydrogen) atoms. The van der Waals surface area contributed by atoms with Crippen LogP contribution in [0.3, 0.4) is 0 Å². The van der Waals surface area contributed by atoms with Gasteiger partial charge in [0.15, 0.2) is 5.76 Å². The van der Waals surface area contributed by atoms with E-state index in [1.54, 1.807) is 37.5 Å². The molecule has 6 heteroatoms. The summed E-state index contributed by atoms with van der Waals surface area (Å²) < 4.78 is 27.6. The van der Waals surface area contributed by atoms with Crippen LogP contribution in [0.1, 0.15) is 11.5 Å². The molecule has 0 N–H and O–H groups in total. The predicted octanol–water partition coefficient (Wildman–Crippen LogP) is 3.14. The molecule has 0 fully saturated rings. The van der Waals surface area contributed by atoms with E-state index in [1.165, 1.54) is 6.26 Å². The van der Waals surface area contributed by atoms with Crippen LogP contribution in [0.5, 0.6) is 0 Å². The molecule has 0 saturated carbocycles. The molecule has 3 aromatic rings. The number of nitrogens with zero attached hydrogens (tertiary/aromatic N) is 1. The third-order valence-corrected chi connectivity index (χ3v) is 4.13. The van der Waals surface area contributed by atoms with Crippen LogP contribution in [0.4, 0.5) is 0 Å². The fourth-order valence-electron chi connectivity index (χ4n) is 1.74. The molecule has 0 saturated heterocycles. The van der Waals surface area contributed by atoms with Gasteiger partial charge in [0.05, 0.1) is 39.7 Å². The van der Waals surface area contributed by atoms with Gasteiger partial charge in [-0.1, -0.05) is 5.16 Å². The number of aromatic nitrogens is 1. The van der Waals surface area contributed by atoms with Crippen molar-refractivity contribution in [2.24, 2.45) is 0 Å². The van der Waals surface area contributed by atoms with Gasteiger partial charge in [-0.25, -0.2) is 0 Å². The van der Waals surface area contributed by atoms with Crippen molar-refractivity contribution in [3.8, 4) is 11.5 Å². The highest BCUT2D eigenvalue weighted by atomic mass is 32.2. The molecule has 0 amide bonds. The lowest BCUT2D eigenvalue weighted by molar-refractivity contribution is 0.413. The number of aryl methyl sites for hydroxylation is 1. The molecular formula is C13H11NO4S. The van der Waals surface area contributed by atoms with Crippen molar-refractivity contribution in [3.63, 3.8) is 0 Å². The van der Waals surface area contributed by atoms with E-state index in [9.17, 15) is 4.21 Å². The van der Waals surface area contributed by atoms with Gasteiger partial charge in [0.1, 0.15) is 5.76 Å². The third-order valence-electron chi connectivity index (χ3n) is 2.66. The van der Waals surface area contributed by atoms with Crippen molar-refractivity contribution in [1.29, 1.82) is 0 Å². The van der Waals surface area contributed by atoms with Crippen LogP contribution < -0.4 is 0 Å². The molecule has 3 rings (SSSR count). The summed E-state index contributed by atoms with van der Waals surface area (Å²) in [5.41, 5.74) is 0.616. The zero-order valence-electron chi connectivity index (χ0n) is 10.2. The number of hydrogen-bond donors (Lipinski definition) is 0. The Labute approximate surface area is 111 Å². The zero-order valence-corrected chi connectivity index (χ0v) is 11.0. The van der Waals surface area contributed by atoms with Gasteiger partial charge in [-0.15, -0.1) is 0 Å². The van der Waals surface area contributed by atoms with E-state index < -0.39 is 10.8 Å². The van der Waals surface area contributed by atoms with Crippen LogP contribution >= 0.6 is 0 Å². The molecule has 5 nitrogen and oxygen atoms in total. The van der Waals surface area contributed by atoms with Gasteiger partial charge in [-0.05, 0) is 25.1 Å². The van der Waals surface area contributed by atoms with Crippen molar-refractivity contribution in [2.45, 2.75) is 17.6 Å². The fourth-order valence-corrected chi connectivity index (χ4v) is 2.87. The summed E-state index contributed by atoms with van der Waals surface area (Å²) >= 11 is 0. The summed E-state index contributed by atoms with van der Waals surface area (Å²) in [5, 5.41) is 3.89. The summed E-state index contributed by atoms with van der Waals surface area (Å²) in [4.78, 5) is 0.683. The summed E-state index contributed by atoms with van der Waals surface area (Å²) in [5.74, 6) is 2.07. The van der Waals surface area contributed by atoms with E-state index in [0.29, 0.717) is 27.9 Å². The second-order valence-corrected chi connectivity index (χ2v) is 5.41.